The summed E-state index contributed by atoms with van der Waals surface area (Å²) >= 11 is 12.2. The maximum absolute atomic E-state index is 12.4. The zero-order chi connectivity index (χ0) is 20.5. The van der Waals surface area contributed by atoms with Gasteiger partial charge in [-0.1, -0.05) is 53.5 Å². The number of aliphatic imine (C=N–C) groups is 1. The normalized spacial score (nSPS) is 14.8. The van der Waals surface area contributed by atoms with Gasteiger partial charge in [0, 0.05) is 29.3 Å². The monoisotopic (exact) mass is 425 g/mol. The van der Waals surface area contributed by atoms with E-state index in [4.69, 9.17) is 27.9 Å². The van der Waals surface area contributed by atoms with Crippen molar-refractivity contribution >= 4 is 47.1 Å². The number of nitrogens with zero attached hydrogens (tertiary/aromatic N) is 3. The van der Waals surface area contributed by atoms with Crippen LogP contribution < -0.4 is 0 Å². The summed E-state index contributed by atoms with van der Waals surface area (Å²) in [4.78, 5) is 28.4. The number of halogens is 2. The van der Waals surface area contributed by atoms with Gasteiger partial charge in [-0.3, -0.25) is 4.79 Å². The van der Waals surface area contributed by atoms with E-state index in [9.17, 15) is 9.59 Å². The minimum absolute atomic E-state index is 0.0639. The van der Waals surface area contributed by atoms with Gasteiger partial charge in [0.1, 0.15) is 5.69 Å². The number of hydrogen-bond acceptors (Lipinski definition) is 5. The number of esters is 1. The third kappa shape index (κ3) is 3.85. The largest absolute Gasteiger partial charge is 0.402 e. The van der Waals surface area contributed by atoms with Crippen LogP contribution in [0.3, 0.4) is 0 Å². The molecule has 0 N–H and O–H groups in total. The average Bonchev–Trinajstić information content (AvgIpc) is 3.29. The molecule has 1 aromatic heterocycles. The van der Waals surface area contributed by atoms with E-state index in [0.717, 1.165) is 5.56 Å². The maximum atomic E-state index is 12.4. The van der Waals surface area contributed by atoms with Crippen molar-refractivity contribution in [3.8, 4) is 11.3 Å². The summed E-state index contributed by atoms with van der Waals surface area (Å²) in [6.45, 7) is 1.40. The van der Waals surface area contributed by atoms with Gasteiger partial charge in [-0.15, -0.1) is 0 Å². The van der Waals surface area contributed by atoms with E-state index in [0.29, 0.717) is 26.9 Å². The fraction of sp³-hybridized carbons (Fsp3) is 0.0476. The third-order valence-electron chi connectivity index (χ3n) is 4.18. The van der Waals surface area contributed by atoms with E-state index in [2.05, 4.69) is 10.1 Å². The Balaban J connectivity index is 1.80. The fourth-order valence-corrected chi connectivity index (χ4v) is 3.18. The zero-order valence-corrected chi connectivity index (χ0v) is 16.6. The van der Waals surface area contributed by atoms with E-state index in [-0.39, 0.29) is 17.5 Å². The van der Waals surface area contributed by atoms with E-state index in [1.54, 1.807) is 24.4 Å². The Labute approximate surface area is 176 Å². The van der Waals surface area contributed by atoms with Gasteiger partial charge in [-0.05, 0) is 24.3 Å². The molecule has 0 atom stereocenters. The second-order valence-corrected chi connectivity index (χ2v) is 7.07. The van der Waals surface area contributed by atoms with Gasteiger partial charge >= 0.3 is 5.97 Å². The van der Waals surface area contributed by atoms with Crippen LogP contribution in [0.15, 0.2) is 65.4 Å². The molecule has 1 aliphatic rings. The van der Waals surface area contributed by atoms with Crippen molar-refractivity contribution in [1.29, 1.82) is 0 Å². The summed E-state index contributed by atoms with van der Waals surface area (Å²) in [5.41, 5.74) is 2.38. The molecule has 0 saturated carbocycles. The van der Waals surface area contributed by atoms with Crippen LogP contribution in [0.5, 0.6) is 0 Å². The van der Waals surface area contributed by atoms with Crippen LogP contribution >= 0.6 is 23.2 Å². The van der Waals surface area contributed by atoms with Crippen molar-refractivity contribution in [3.05, 3.63) is 81.6 Å². The van der Waals surface area contributed by atoms with Crippen molar-refractivity contribution in [3.63, 3.8) is 0 Å². The van der Waals surface area contributed by atoms with E-state index < -0.39 is 5.97 Å². The third-order valence-corrected chi connectivity index (χ3v) is 4.75. The van der Waals surface area contributed by atoms with Gasteiger partial charge < -0.3 is 4.74 Å². The van der Waals surface area contributed by atoms with Crippen LogP contribution in [0.4, 0.5) is 0 Å². The molecule has 2 heterocycles. The Bertz CT molecular complexity index is 1200. The molecule has 3 aromatic rings. The van der Waals surface area contributed by atoms with Crippen LogP contribution in [-0.4, -0.2) is 27.6 Å². The summed E-state index contributed by atoms with van der Waals surface area (Å²) in [5, 5.41) is 5.13. The Hall–Kier alpha value is -3.22. The van der Waals surface area contributed by atoms with Crippen LogP contribution in [0, 0.1) is 0 Å². The Morgan fingerprint density at radius 2 is 1.90 bits per heavy atom. The average molecular weight is 426 g/mol. The molecule has 0 amide bonds. The molecular weight excluding hydrogens is 413 g/mol. The number of carbonyl (C=O) groups is 2. The summed E-state index contributed by atoms with van der Waals surface area (Å²) in [6, 6.07) is 14.1. The van der Waals surface area contributed by atoms with Gasteiger partial charge in [-0.25, -0.2) is 14.5 Å². The van der Waals surface area contributed by atoms with Crippen LogP contribution in [0.2, 0.25) is 10.0 Å². The summed E-state index contributed by atoms with van der Waals surface area (Å²) in [6.07, 6.45) is 3.08. The minimum Gasteiger partial charge on any atom is -0.402 e. The lowest BCUT2D eigenvalue weighted by molar-refractivity contribution is -0.129. The van der Waals surface area contributed by atoms with Crippen molar-refractivity contribution in [2.45, 2.75) is 6.92 Å². The first-order chi connectivity index (χ1) is 13.9. The number of aromatic nitrogens is 2. The van der Waals surface area contributed by atoms with Gasteiger partial charge in [0.15, 0.2) is 5.70 Å². The smallest absolute Gasteiger partial charge is 0.363 e. The predicted octanol–water partition coefficient (Wildman–Crippen LogP) is 4.86. The molecule has 4 rings (SSSR count). The molecular formula is C21H13Cl2N3O3. The molecule has 0 bridgehead atoms. The molecule has 2 aromatic carbocycles. The molecule has 0 radical (unpaired) electrons. The van der Waals surface area contributed by atoms with Gasteiger partial charge in [0.25, 0.3) is 0 Å². The second-order valence-electron chi connectivity index (χ2n) is 6.22. The van der Waals surface area contributed by atoms with Gasteiger partial charge in [-0.2, -0.15) is 5.10 Å². The molecule has 144 valence electrons. The highest BCUT2D eigenvalue weighted by Gasteiger charge is 2.26. The number of benzene rings is 2. The summed E-state index contributed by atoms with van der Waals surface area (Å²) < 4.78 is 6.49. The highest BCUT2D eigenvalue weighted by atomic mass is 35.5. The first-order valence-corrected chi connectivity index (χ1v) is 9.32. The Morgan fingerprint density at radius 1 is 1.14 bits per heavy atom. The number of cyclic esters (lactones) is 1. The zero-order valence-electron chi connectivity index (χ0n) is 15.1. The highest BCUT2D eigenvalue weighted by Crippen LogP contribution is 2.28. The maximum Gasteiger partial charge on any atom is 0.363 e. The molecule has 6 nitrogen and oxygen atoms in total. The topological polar surface area (TPSA) is 73.6 Å². The van der Waals surface area contributed by atoms with Crippen molar-refractivity contribution < 1.29 is 14.3 Å². The van der Waals surface area contributed by atoms with Crippen LogP contribution in [-0.2, 0) is 9.53 Å². The van der Waals surface area contributed by atoms with Crippen molar-refractivity contribution in [1.82, 2.24) is 9.78 Å². The second kappa shape index (κ2) is 7.66. The van der Waals surface area contributed by atoms with E-state index >= 15 is 0 Å². The van der Waals surface area contributed by atoms with Crippen molar-refractivity contribution in [2.75, 3.05) is 0 Å². The first-order valence-electron chi connectivity index (χ1n) is 8.56. The van der Waals surface area contributed by atoms with E-state index in [1.165, 1.54) is 17.7 Å². The van der Waals surface area contributed by atoms with E-state index in [1.807, 2.05) is 30.3 Å². The van der Waals surface area contributed by atoms with Gasteiger partial charge in [0.2, 0.25) is 11.8 Å². The Morgan fingerprint density at radius 3 is 2.62 bits per heavy atom. The molecule has 0 fully saturated rings. The quantitative estimate of drug-likeness (QED) is 0.443. The molecule has 29 heavy (non-hydrogen) atoms. The van der Waals surface area contributed by atoms with Crippen molar-refractivity contribution in [2.24, 2.45) is 4.99 Å². The molecule has 8 heteroatoms. The number of carbonyl (C=O) groups excluding carboxylic acids is 2. The lowest BCUT2D eigenvalue weighted by Crippen LogP contribution is -2.06. The molecule has 0 spiro atoms. The lowest BCUT2D eigenvalue weighted by Gasteiger charge is -2.02. The number of ether oxygens (including phenoxy) is 1. The lowest BCUT2D eigenvalue weighted by atomic mass is 10.1. The molecule has 0 unspecified atom stereocenters. The highest BCUT2D eigenvalue weighted by molar-refractivity contribution is 6.36. The molecule has 1 aliphatic heterocycles. The first kappa shape index (κ1) is 19.1. The fourth-order valence-electron chi connectivity index (χ4n) is 2.81. The standard InChI is InChI=1S/C21H13Cl2N3O3/c1-12(27)26-11-14(19(25-26)13-5-3-2-4-6-13)9-18-21(28)29-20(24-18)16-10-15(22)7-8-17(16)23/h2-11H,1H3. The van der Waals surface area contributed by atoms with Crippen LogP contribution in [0.1, 0.15) is 22.8 Å². The predicted molar refractivity (Wildman–Crippen MR) is 111 cm³/mol. The Kier molecular flexibility index (Phi) is 5.05. The van der Waals surface area contributed by atoms with Crippen LogP contribution in [0.25, 0.3) is 17.3 Å². The summed E-state index contributed by atoms with van der Waals surface area (Å²) in [5.74, 6) is -0.824. The molecule has 0 aliphatic carbocycles. The minimum atomic E-state index is -0.634. The number of hydrogen-bond donors (Lipinski definition) is 0. The number of rotatable bonds is 3. The summed E-state index contributed by atoms with van der Waals surface area (Å²) in [7, 11) is 0. The molecule has 0 saturated heterocycles. The SMILES string of the molecule is CC(=O)n1cc(C=C2N=C(c3cc(Cl)ccc3Cl)OC2=O)c(-c2ccccc2)n1. The van der Waals surface area contributed by atoms with Gasteiger partial charge in [0.05, 0.1) is 10.6 Å².